The van der Waals surface area contributed by atoms with Crippen LogP contribution < -0.4 is 5.32 Å². The summed E-state index contributed by atoms with van der Waals surface area (Å²) in [6, 6.07) is 0. The molecule has 7 nitrogen and oxygen atoms in total. The fraction of sp³-hybridized carbons (Fsp3) is 0.556. The SMILES string of the molecule is CC(=O)NCc1cn(C(C)(C)C(=O)O)nn1. The maximum Gasteiger partial charge on any atom is 0.331 e. The Morgan fingerprint density at radius 1 is 1.56 bits per heavy atom. The third-order valence-electron chi connectivity index (χ3n) is 2.16. The number of hydrogen-bond donors (Lipinski definition) is 2. The van der Waals surface area contributed by atoms with Crippen LogP contribution in [0, 0.1) is 0 Å². The highest BCUT2D eigenvalue weighted by molar-refractivity contribution is 5.75. The van der Waals surface area contributed by atoms with Gasteiger partial charge >= 0.3 is 5.97 Å². The lowest BCUT2D eigenvalue weighted by atomic mass is 10.1. The molecule has 0 bridgehead atoms. The largest absolute Gasteiger partial charge is 0.479 e. The van der Waals surface area contributed by atoms with Crippen molar-refractivity contribution in [3.05, 3.63) is 11.9 Å². The number of carbonyl (C=O) groups is 2. The molecule has 0 fully saturated rings. The van der Waals surface area contributed by atoms with E-state index in [1.54, 1.807) is 0 Å². The van der Waals surface area contributed by atoms with Gasteiger partial charge in [-0.3, -0.25) is 4.79 Å². The number of carboxylic acids is 1. The first-order valence-corrected chi connectivity index (χ1v) is 4.73. The number of rotatable bonds is 4. The molecule has 0 aliphatic heterocycles. The van der Waals surface area contributed by atoms with Crippen LogP contribution in [0.2, 0.25) is 0 Å². The first-order valence-electron chi connectivity index (χ1n) is 4.73. The smallest absolute Gasteiger partial charge is 0.331 e. The first kappa shape index (κ1) is 12.2. The van der Waals surface area contributed by atoms with Gasteiger partial charge in [-0.25, -0.2) is 9.48 Å². The maximum absolute atomic E-state index is 10.9. The lowest BCUT2D eigenvalue weighted by molar-refractivity contribution is -0.146. The summed E-state index contributed by atoms with van der Waals surface area (Å²) >= 11 is 0. The van der Waals surface area contributed by atoms with Gasteiger partial charge in [0, 0.05) is 6.92 Å². The van der Waals surface area contributed by atoms with Gasteiger partial charge in [-0.05, 0) is 13.8 Å². The van der Waals surface area contributed by atoms with Crippen LogP contribution in [0.5, 0.6) is 0 Å². The van der Waals surface area contributed by atoms with Crippen molar-refractivity contribution in [2.45, 2.75) is 32.9 Å². The van der Waals surface area contributed by atoms with Crippen molar-refractivity contribution >= 4 is 11.9 Å². The number of aliphatic carboxylic acids is 1. The Morgan fingerprint density at radius 2 is 2.19 bits per heavy atom. The van der Waals surface area contributed by atoms with Crippen LogP contribution in [0.1, 0.15) is 26.5 Å². The van der Waals surface area contributed by atoms with E-state index in [1.165, 1.54) is 31.6 Å². The van der Waals surface area contributed by atoms with Crippen molar-refractivity contribution in [3.63, 3.8) is 0 Å². The van der Waals surface area contributed by atoms with Crippen LogP contribution in [0.4, 0.5) is 0 Å². The molecule has 0 unspecified atom stereocenters. The minimum Gasteiger partial charge on any atom is -0.479 e. The fourth-order valence-electron chi connectivity index (χ4n) is 0.966. The summed E-state index contributed by atoms with van der Waals surface area (Å²) in [5.74, 6) is -1.17. The van der Waals surface area contributed by atoms with E-state index in [1.807, 2.05) is 0 Å². The number of nitrogens with zero attached hydrogens (tertiary/aromatic N) is 3. The molecule has 0 aliphatic carbocycles. The summed E-state index contributed by atoms with van der Waals surface area (Å²) in [6.45, 7) is 4.68. The van der Waals surface area contributed by atoms with E-state index in [4.69, 9.17) is 5.11 Å². The second kappa shape index (κ2) is 4.30. The quantitative estimate of drug-likeness (QED) is 0.736. The van der Waals surface area contributed by atoms with Crippen molar-refractivity contribution in [2.75, 3.05) is 0 Å². The molecule has 2 N–H and O–H groups in total. The van der Waals surface area contributed by atoms with Crippen LogP contribution in [0.3, 0.4) is 0 Å². The molecule has 0 saturated heterocycles. The summed E-state index contributed by atoms with van der Waals surface area (Å²) < 4.78 is 1.26. The highest BCUT2D eigenvalue weighted by Gasteiger charge is 2.30. The molecule has 1 amide bonds. The lowest BCUT2D eigenvalue weighted by Crippen LogP contribution is -2.36. The van der Waals surface area contributed by atoms with Crippen molar-refractivity contribution in [2.24, 2.45) is 0 Å². The van der Waals surface area contributed by atoms with Crippen LogP contribution in [0.15, 0.2) is 6.20 Å². The molecule has 88 valence electrons. The second-order valence-electron chi connectivity index (χ2n) is 3.93. The zero-order valence-corrected chi connectivity index (χ0v) is 9.39. The van der Waals surface area contributed by atoms with E-state index in [-0.39, 0.29) is 12.5 Å². The van der Waals surface area contributed by atoms with Crippen molar-refractivity contribution in [1.29, 1.82) is 0 Å². The summed E-state index contributed by atoms with van der Waals surface area (Å²) in [4.78, 5) is 21.6. The Labute approximate surface area is 92.4 Å². The van der Waals surface area contributed by atoms with Crippen LogP contribution in [-0.2, 0) is 21.7 Å². The van der Waals surface area contributed by atoms with Crippen LogP contribution >= 0.6 is 0 Å². The van der Waals surface area contributed by atoms with E-state index < -0.39 is 11.5 Å². The minimum absolute atomic E-state index is 0.174. The number of hydrogen-bond acceptors (Lipinski definition) is 4. The average Bonchev–Trinajstić information content (AvgIpc) is 2.63. The number of nitrogens with one attached hydrogen (secondary N) is 1. The summed E-state index contributed by atoms with van der Waals surface area (Å²) in [5.41, 5.74) is -0.633. The number of amides is 1. The third-order valence-corrected chi connectivity index (χ3v) is 2.16. The molecular weight excluding hydrogens is 212 g/mol. The van der Waals surface area contributed by atoms with Gasteiger partial charge in [0.25, 0.3) is 0 Å². The van der Waals surface area contributed by atoms with Gasteiger partial charge in [0.1, 0.15) is 5.69 Å². The topological polar surface area (TPSA) is 97.1 Å². The molecule has 1 aromatic rings. The minimum atomic E-state index is -1.15. The normalized spacial score (nSPS) is 11.2. The molecule has 1 rings (SSSR count). The number of carboxylic acid groups (broad SMARTS) is 1. The molecule has 0 aromatic carbocycles. The zero-order chi connectivity index (χ0) is 12.3. The monoisotopic (exact) mass is 226 g/mol. The van der Waals surface area contributed by atoms with Gasteiger partial charge in [-0.15, -0.1) is 5.10 Å². The highest BCUT2D eigenvalue weighted by Crippen LogP contribution is 2.13. The van der Waals surface area contributed by atoms with Gasteiger partial charge in [0.05, 0.1) is 12.7 Å². The van der Waals surface area contributed by atoms with Crippen molar-refractivity contribution in [1.82, 2.24) is 20.3 Å². The molecule has 0 aliphatic rings. The first-order chi connectivity index (χ1) is 7.34. The van der Waals surface area contributed by atoms with E-state index in [0.29, 0.717) is 5.69 Å². The van der Waals surface area contributed by atoms with Crippen molar-refractivity contribution < 1.29 is 14.7 Å². The van der Waals surface area contributed by atoms with E-state index in [9.17, 15) is 9.59 Å². The van der Waals surface area contributed by atoms with E-state index in [2.05, 4.69) is 15.6 Å². The fourth-order valence-corrected chi connectivity index (χ4v) is 0.966. The zero-order valence-electron chi connectivity index (χ0n) is 9.39. The van der Waals surface area contributed by atoms with Gasteiger partial charge in [-0.2, -0.15) is 0 Å². The Hall–Kier alpha value is -1.92. The Bertz CT molecular complexity index is 411. The lowest BCUT2D eigenvalue weighted by Gasteiger charge is -2.18. The molecule has 0 saturated carbocycles. The number of aromatic nitrogens is 3. The van der Waals surface area contributed by atoms with Gasteiger partial charge < -0.3 is 10.4 Å². The third kappa shape index (κ3) is 2.56. The molecule has 7 heteroatoms. The predicted molar refractivity (Wildman–Crippen MR) is 54.5 cm³/mol. The second-order valence-corrected chi connectivity index (χ2v) is 3.93. The Kier molecular flexibility index (Phi) is 3.26. The highest BCUT2D eigenvalue weighted by atomic mass is 16.4. The maximum atomic E-state index is 10.9. The predicted octanol–water partition coefficient (Wildman–Crippen LogP) is -0.266. The van der Waals surface area contributed by atoms with Gasteiger partial charge in [0.2, 0.25) is 5.91 Å². The molecule has 1 heterocycles. The summed E-state index contributed by atoms with van der Waals surface area (Å²) in [5, 5.41) is 19.0. The van der Waals surface area contributed by atoms with Crippen molar-refractivity contribution in [3.8, 4) is 0 Å². The van der Waals surface area contributed by atoms with E-state index in [0.717, 1.165) is 0 Å². The Morgan fingerprint density at radius 3 is 2.69 bits per heavy atom. The van der Waals surface area contributed by atoms with Crippen LogP contribution in [-0.4, -0.2) is 32.0 Å². The van der Waals surface area contributed by atoms with Gasteiger partial charge in [0.15, 0.2) is 5.54 Å². The molecular formula is C9H14N4O3. The van der Waals surface area contributed by atoms with E-state index >= 15 is 0 Å². The molecule has 1 aromatic heterocycles. The average molecular weight is 226 g/mol. The summed E-state index contributed by atoms with van der Waals surface area (Å²) in [6.07, 6.45) is 1.50. The Balaban J connectivity index is 2.79. The molecule has 0 radical (unpaired) electrons. The molecule has 0 spiro atoms. The number of carbonyl (C=O) groups excluding carboxylic acids is 1. The standard InChI is InChI=1S/C9H14N4O3/c1-6(14)10-4-7-5-13(12-11-7)9(2,3)8(15)16/h5H,4H2,1-3H3,(H,10,14)(H,15,16). The van der Waals surface area contributed by atoms with Gasteiger partial charge in [-0.1, -0.05) is 5.21 Å². The summed E-state index contributed by atoms with van der Waals surface area (Å²) in [7, 11) is 0. The van der Waals surface area contributed by atoms with Crippen LogP contribution in [0.25, 0.3) is 0 Å². The molecule has 16 heavy (non-hydrogen) atoms. The molecule has 0 atom stereocenters.